The fraction of sp³-hybridized carbons (Fsp3) is 0.333. The molecule has 1 aromatic carbocycles. The number of nitrogens with two attached hydrogens (primary N) is 1. The van der Waals surface area contributed by atoms with Gasteiger partial charge in [-0.05, 0) is 54.6 Å². The molecule has 1 aliphatic rings. The molecule has 0 unspecified atom stereocenters. The fourth-order valence-electron chi connectivity index (χ4n) is 1.96. The fourth-order valence-corrected chi connectivity index (χ4v) is 2.36. The van der Waals surface area contributed by atoms with Crippen molar-refractivity contribution in [2.24, 2.45) is 5.73 Å². The van der Waals surface area contributed by atoms with Crippen LogP contribution in [0, 0.1) is 0 Å². The summed E-state index contributed by atoms with van der Waals surface area (Å²) in [6, 6.07) is 6.54. The van der Waals surface area contributed by atoms with Crippen molar-refractivity contribution < 1.29 is 0 Å². The number of fused-ring (bicyclic) bond motifs is 1. The van der Waals surface area contributed by atoms with E-state index >= 15 is 0 Å². The van der Waals surface area contributed by atoms with Gasteiger partial charge in [-0.1, -0.05) is 28.1 Å². The molecule has 0 aromatic heterocycles. The predicted octanol–water partition coefficient (Wildman–Crippen LogP) is 3.13. The van der Waals surface area contributed by atoms with E-state index in [4.69, 9.17) is 5.73 Å². The number of hydrogen-bond acceptors (Lipinski definition) is 1. The summed E-state index contributed by atoms with van der Waals surface area (Å²) in [7, 11) is 0. The van der Waals surface area contributed by atoms with E-state index in [1.54, 1.807) is 0 Å². The zero-order valence-corrected chi connectivity index (χ0v) is 9.68. The molecule has 2 rings (SSSR count). The van der Waals surface area contributed by atoms with Gasteiger partial charge in [0, 0.05) is 4.47 Å². The van der Waals surface area contributed by atoms with Gasteiger partial charge in [0.15, 0.2) is 0 Å². The van der Waals surface area contributed by atoms with Gasteiger partial charge in [-0.15, -0.1) is 0 Å². The molecule has 0 bridgehead atoms. The lowest BCUT2D eigenvalue weighted by Crippen LogP contribution is -1.95. The molecule has 0 saturated heterocycles. The van der Waals surface area contributed by atoms with Gasteiger partial charge in [-0.2, -0.15) is 0 Å². The maximum absolute atomic E-state index is 5.50. The number of hydrogen-bond donors (Lipinski definition) is 1. The van der Waals surface area contributed by atoms with Crippen molar-refractivity contribution in [1.29, 1.82) is 0 Å². The van der Waals surface area contributed by atoms with Crippen LogP contribution in [0.25, 0.3) is 5.57 Å². The van der Waals surface area contributed by atoms with Crippen LogP contribution in [0.2, 0.25) is 0 Å². The predicted molar refractivity (Wildman–Crippen MR) is 64.1 cm³/mol. The van der Waals surface area contributed by atoms with Crippen molar-refractivity contribution >= 4 is 21.5 Å². The summed E-state index contributed by atoms with van der Waals surface area (Å²) in [5.74, 6) is 0. The molecule has 1 nitrogen and oxygen atoms in total. The Balaban J connectivity index is 2.31. The molecule has 0 spiro atoms. The summed E-state index contributed by atoms with van der Waals surface area (Å²) in [6.45, 7) is 0.745. The highest BCUT2D eigenvalue weighted by atomic mass is 79.9. The van der Waals surface area contributed by atoms with Crippen LogP contribution in [0.1, 0.15) is 24.0 Å². The van der Waals surface area contributed by atoms with Gasteiger partial charge in [-0.3, -0.25) is 0 Å². The van der Waals surface area contributed by atoms with Crippen LogP contribution in [0.3, 0.4) is 0 Å². The second-order valence-electron chi connectivity index (χ2n) is 3.61. The summed E-state index contributed by atoms with van der Waals surface area (Å²) in [5.41, 5.74) is 9.85. The zero-order valence-electron chi connectivity index (χ0n) is 8.09. The van der Waals surface area contributed by atoms with Gasteiger partial charge in [-0.25, -0.2) is 0 Å². The lowest BCUT2D eigenvalue weighted by Gasteiger charge is -2.01. The Morgan fingerprint density at radius 1 is 1.36 bits per heavy atom. The summed E-state index contributed by atoms with van der Waals surface area (Å²) in [5, 5.41) is 0. The Morgan fingerprint density at radius 2 is 2.21 bits per heavy atom. The van der Waals surface area contributed by atoms with E-state index in [0.29, 0.717) is 0 Å². The SMILES string of the molecule is NCC/C=C1/CCc2cc(Br)ccc21. The highest BCUT2D eigenvalue weighted by Crippen LogP contribution is 2.33. The second-order valence-corrected chi connectivity index (χ2v) is 4.52. The number of benzene rings is 1. The maximum Gasteiger partial charge on any atom is 0.0178 e. The van der Waals surface area contributed by atoms with Gasteiger partial charge in [0.05, 0.1) is 0 Å². The normalized spacial score (nSPS) is 17.4. The van der Waals surface area contributed by atoms with E-state index in [-0.39, 0.29) is 0 Å². The van der Waals surface area contributed by atoms with Crippen LogP contribution in [-0.2, 0) is 6.42 Å². The molecular formula is C12H14BrN. The van der Waals surface area contributed by atoms with Gasteiger partial charge in [0.25, 0.3) is 0 Å². The molecule has 74 valence electrons. The van der Waals surface area contributed by atoms with Crippen molar-refractivity contribution in [3.63, 3.8) is 0 Å². The smallest absolute Gasteiger partial charge is 0.0178 e. The van der Waals surface area contributed by atoms with E-state index < -0.39 is 0 Å². The number of rotatable bonds is 2. The van der Waals surface area contributed by atoms with Crippen LogP contribution >= 0.6 is 15.9 Å². The minimum Gasteiger partial charge on any atom is -0.330 e. The Hall–Kier alpha value is -0.600. The summed E-state index contributed by atoms with van der Waals surface area (Å²) in [6.07, 6.45) is 5.61. The van der Waals surface area contributed by atoms with Gasteiger partial charge in [0.1, 0.15) is 0 Å². The average Bonchev–Trinajstić information content (AvgIpc) is 2.57. The van der Waals surface area contributed by atoms with E-state index in [1.165, 1.54) is 34.0 Å². The monoisotopic (exact) mass is 251 g/mol. The van der Waals surface area contributed by atoms with Crippen molar-refractivity contribution in [1.82, 2.24) is 0 Å². The standard InChI is InChI=1S/C12H14BrN/c13-11-5-6-12-9(2-1-7-14)3-4-10(12)8-11/h2,5-6,8H,1,3-4,7,14H2/b9-2-. The molecule has 0 heterocycles. The molecule has 0 aliphatic heterocycles. The van der Waals surface area contributed by atoms with E-state index in [2.05, 4.69) is 40.2 Å². The van der Waals surface area contributed by atoms with Crippen LogP contribution in [0.5, 0.6) is 0 Å². The maximum atomic E-state index is 5.50. The third kappa shape index (κ3) is 1.91. The Kier molecular flexibility index (Phi) is 3.04. The van der Waals surface area contributed by atoms with Crippen molar-refractivity contribution in [2.75, 3.05) is 6.54 Å². The molecule has 2 N–H and O–H groups in total. The first-order valence-corrected chi connectivity index (χ1v) is 5.78. The Bertz CT molecular complexity index is 369. The topological polar surface area (TPSA) is 26.0 Å². The molecule has 1 aromatic rings. The Labute approximate surface area is 93.1 Å². The molecule has 14 heavy (non-hydrogen) atoms. The minimum atomic E-state index is 0.745. The van der Waals surface area contributed by atoms with Gasteiger partial charge in [0.2, 0.25) is 0 Å². The molecule has 2 heteroatoms. The quantitative estimate of drug-likeness (QED) is 0.859. The Morgan fingerprint density at radius 3 is 3.00 bits per heavy atom. The molecule has 0 radical (unpaired) electrons. The van der Waals surface area contributed by atoms with Crippen LogP contribution < -0.4 is 5.73 Å². The molecular weight excluding hydrogens is 238 g/mol. The summed E-state index contributed by atoms with van der Waals surface area (Å²) in [4.78, 5) is 0. The largest absolute Gasteiger partial charge is 0.330 e. The second kappa shape index (κ2) is 4.28. The van der Waals surface area contributed by atoms with E-state index in [0.717, 1.165) is 13.0 Å². The summed E-state index contributed by atoms with van der Waals surface area (Å²) < 4.78 is 1.18. The van der Waals surface area contributed by atoms with E-state index in [1.807, 2.05) is 0 Å². The lowest BCUT2D eigenvalue weighted by atomic mass is 10.1. The van der Waals surface area contributed by atoms with Crippen LogP contribution in [0.4, 0.5) is 0 Å². The van der Waals surface area contributed by atoms with Crippen molar-refractivity contribution in [2.45, 2.75) is 19.3 Å². The lowest BCUT2D eigenvalue weighted by molar-refractivity contribution is 0.999. The molecule has 0 saturated carbocycles. The number of halogens is 1. The van der Waals surface area contributed by atoms with Crippen LogP contribution in [-0.4, -0.2) is 6.54 Å². The highest BCUT2D eigenvalue weighted by Gasteiger charge is 2.15. The average molecular weight is 252 g/mol. The molecule has 1 aliphatic carbocycles. The van der Waals surface area contributed by atoms with E-state index in [9.17, 15) is 0 Å². The summed E-state index contributed by atoms with van der Waals surface area (Å²) >= 11 is 3.50. The van der Waals surface area contributed by atoms with Crippen molar-refractivity contribution in [3.8, 4) is 0 Å². The highest BCUT2D eigenvalue weighted by molar-refractivity contribution is 9.10. The van der Waals surface area contributed by atoms with Crippen molar-refractivity contribution in [3.05, 3.63) is 39.9 Å². The molecule has 0 fully saturated rings. The molecule has 0 amide bonds. The first kappa shape index (κ1) is 9.94. The third-order valence-corrected chi connectivity index (χ3v) is 3.13. The zero-order chi connectivity index (χ0) is 9.97. The first-order chi connectivity index (χ1) is 6.81. The van der Waals surface area contributed by atoms with Gasteiger partial charge >= 0.3 is 0 Å². The third-order valence-electron chi connectivity index (χ3n) is 2.63. The number of allylic oxidation sites excluding steroid dienone is 1. The van der Waals surface area contributed by atoms with Gasteiger partial charge < -0.3 is 5.73 Å². The molecule has 0 atom stereocenters. The number of aryl methyl sites for hydroxylation is 1. The van der Waals surface area contributed by atoms with Crippen LogP contribution in [0.15, 0.2) is 28.7 Å². The minimum absolute atomic E-state index is 0.745. The first-order valence-electron chi connectivity index (χ1n) is 4.99.